The predicted octanol–water partition coefficient (Wildman–Crippen LogP) is 6.18. The molecule has 0 aliphatic carbocycles. The fourth-order valence-electron chi connectivity index (χ4n) is 5.16. The molecule has 0 N–H and O–H groups in total. The van der Waals surface area contributed by atoms with Crippen LogP contribution >= 0.6 is 0 Å². The van der Waals surface area contributed by atoms with E-state index in [1.54, 1.807) is 12.1 Å². The zero-order valence-electron chi connectivity index (χ0n) is 20.2. The molecule has 5 nitrogen and oxygen atoms in total. The Balaban J connectivity index is 1.38. The zero-order chi connectivity index (χ0) is 24.6. The number of halogens is 3. The summed E-state index contributed by atoms with van der Waals surface area (Å²) in [5.41, 5.74) is 3.03. The molecule has 0 radical (unpaired) electrons. The van der Waals surface area contributed by atoms with E-state index in [2.05, 4.69) is 57.5 Å². The van der Waals surface area contributed by atoms with Crippen molar-refractivity contribution < 1.29 is 17.9 Å². The largest absolute Gasteiger partial charge is 0.573 e. The Hall–Kier alpha value is -3.00. The van der Waals surface area contributed by atoms with Crippen molar-refractivity contribution in [1.29, 1.82) is 0 Å². The van der Waals surface area contributed by atoms with Gasteiger partial charge in [0.1, 0.15) is 11.6 Å². The Morgan fingerprint density at radius 2 is 1.66 bits per heavy atom. The molecule has 5 rings (SSSR count). The SMILES string of the molecule is CC1(C)CN(c2ccc(OC(F)(F)F)cc2)CN1Cc1cc(N2CCCCC2)nc2ccccc12. The lowest BCUT2D eigenvalue weighted by Gasteiger charge is -2.31. The molecule has 2 fully saturated rings. The van der Waals surface area contributed by atoms with E-state index in [0.717, 1.165) is 48.6 Å². The normalized spacial score (nSPS) is 18.9. The molecule has 0 spiro atoms. The van der Waals surface area contributed by atoms with Crippen molar-refractivity contribution >= 4 is 22.4 Å². The molecule has 2 aromatic carbocycles. The molecule has 2 saturated heterocycles. The van der Waals surface area contributed by atoms with E-state index in [1.165, 1.54) is 37.0 Å². The fraction of sp³-hybridized carbons (Fsp3) is 0.444. The number of nitrogens with zero attached hydrogens (tertiary/aromatic N) is 4. The van der Waals surface area contributed by atoms with E-state index < -0.39 is 6.36 Å². The number of alkyl halides is 3. The van der Waals surface area contributed by atoms with Gasteiger partial charge in [-0.2, -0.15) is 0 Å². The topological polar surface area (TPSA) is 31.8 Å². The number of fused-ring (bicyclic) bond motifs is 1. The van der Waals surface area contributed by atoms with Crippen LogP contribution in [0, 0.1) is 0 Å². The molecular weight excluding hydrogens is 453 g/mol. The van der Waals surface area contributed by atoms with E-state index in [9.17, 15) is 13.2 Å². The number of hydrogen-bond donors (Lipinski definition) is 0. The number of para-hydroxylation sites is 1. The van der Waals surface area contributed by atoms with Gasteiger partial charge in [0, 0.05) is 42.8 Å². The van der Waals surface area contributed by atoms with Crippen molar-refractivity contribution in [3.63, 3.8) is 0 Å². The first-order valence-electron chi connectivity index (χ1n) is 12.2. The number of rotatable bonds is 5. The fourth-order valence-corrected chi connectivity index (χ4v) is 5.16. The first-order chi connectivity index (χ1) is 16.7. The molecule has 186 valence electrons. The van der Waals surface area contributed by atoms with Crippen LogP contribution in [0.25, 0.3) is 10.9 Å². The number of benzene rings is 2. The number of piperidine rings is 1. The summed E-state index contributed by atoms with van der Waals surface area (Å²) in [6.45, 7) is 8.73. The second-order valence-corrected chi connectivity index (χ2v) is 10.1. The number of aromatic nitrogens is 1. The minimum absolute atomic E-state index is 0.114. The third-order valence-corrected chi connectivity index (χ3v) is 7.04. The van der Waals surface area contributed by atoms with Gasteiger partial charge in [-0.05, 0) is 75.1 Å². The van der Waals surface area contributed by atoms with Crippen LogP contribution in [0.15, 0.2) is 54.6 Å². The Morgan fingerprint density at radius 1 is 0.943 bits per heavy atom. The summed E-state index contributed by atoms with van der Waals surface area (Å²) in [7, 11) is 0. The van der Waals surface area contributed by atoms with Crippen LogP contribution in [0.2, 0.25) is 0 Å². The second-order valence-electron chi connectivity index (χ2n) is 10.1. The maximum absolute atomic E-state index is 12.5. The molecule has 3 heterocycles. The van der Waals surface area contributed by atoms with Crippen molar-refractivity contribution in [2.45, 2.75) is 51.6 Å². The van der Waals surface area contributed by atoms with Crippen LogP contribution in [0.5, 0.6) is 5.75 Å². The lowest BCUT2D eigenvalue weighted by atomic mass is 10.0. The molecule has 0 atom stereocenters. The maximum atomic E-state index is 12.5. The number of hydrogen-bond acceptors (Lipinski definition) is 5. The van der Waals surface area contributed by atoms with Crippen LogP contribution < -0.4 is 14.5 Å². The predicted molar refractivity (Wildman–Crippen MR) is 133 cm³/mol. The van der Waals surface area contributed by atoms with Crippen LogP contribution in [-0.2, 0) is 6.54 Å². The van der Waals surface area contributed by atoms with E-state index in [1.807, 2.05) is 6.07 Å². The molecule has 0 unspecified atom stereocenters. The van der Waals surface area contributed by atoms with Gasteiger partial charge in [0.2, 0.25) is 0 Å². The molecule has 3 aromatic rings. The summed E-state index contributed by atoms with van der Waals surface area (Å²) < 4.78 is 41.6. The molecule has 0 amide bonds. The van der Waals surface area contributed by atoms with Gasteiger partial charge in [-0.3, -0.25) is 4.90 Å². The van der Waals surface area contributed by atoms with Gasteiger partial charge < -0.3 is 14.5 Å². The average Bonchev–Trinajstić information content (AvgIpc) is 3.13. The number of anilines is 2. The smallest absolute Gasteiger partial charge is 0.406 e. The Morgan fingerprint density at radius 3 is 2.37 bits per heavy atom. The molecule has 8 heteroatoms. The third-order valence-electron chi connectivity index (χ3n) is 7.04. The van der Waals surface area contributed by atoms with Gasteiger partial charge in [-0.1, -0.05) is 18.2 Å². The monoisotopic (exact) mass is 484 g/mol. The van der Waals surface area contributed by atoms with Crippen molar-refractivity contribution in [2.75, 3.05) is 36.1 Å². The summed E-state index contributed by atoms with van der Waals surface area (Å²) in [4.78, 5) is 12.0. The Labute approximate surface area is 204 Å². The molecule has 0 bridgehead atoms. The van der Waals surface area contributed by atoms with Crippen LogP contribution in [-0.4, -0.2) is 48.1 Å². The van der Waals surface area contributed by atoms with Gasteiger partial charge in [-0.25, -0.2) is 4.98 Å². The van der Waals surface area contributed by atoms with Crippen LogP contribution in [0.3, 0.4) is 0 Å². The molecule has 2 aliphatic rings. The van der Waals surface area contributed by atoms with Crippen molar-refractivity contribution in [2.24, 2.45) is 0 Å². The highest BCUT2D eigenvalue weighted by molar-refractivity contribution is 5.84. The summed E-state index contributed by atoms with van der Waals surface area (Å²) in [5.74, 6) is 0.845. The van der Waals surface area contributed by atoms with Crippen molar-refractivity contribution in [1.82, 2.24) is 9.88 Å². The first kappa shape index (κ1) is 23.7. The quantitative estimate of drug-likeness (QED) is 0.432. The van der Waals surface area contributed by atoms with E-state index in [-0.39, 0.29) is 11.3 Å². The van der Waals surface area contributed by atoms with E-state index >= 15 is 0 Å². The average molecular weight is 485 g/mol. The van der Waals surface area contributed by atoms with Gasteiger partial charge in [0.25, 0.3) is 0 Å². The number of pyridine rings is 1. The molecular formula is C27H31F3N4O. The van der Waals surface area contributed by atoms with E-state index in [0.29, 0.717) is 6.67 Å². The van der Waals surface area contributed by atoms with Gasteiger partial charge in [-0.15, -0.1) is 13.2 Å². The van der Waals surface area contributed by atoms with Gasteiger partial charge >= 0.3 is 6.36 Å². The minimum Gasteiger partial charge on any atom is -0.406 e. The first-order valence-corrected chi connectivity index (χ1v) is 12.2. The lowest BCUT2D eigenvalue weighted by Crippen LogP contribution is -2.39. The summed E-state index contributed by atoms with van der Waals surface area (Å²) >= 11 is 0. The van der Waals surface area contributed by atoms with Gasteiger partial charge in [0.15, 0.2) is 0 Å². The number of ether oxygens (including phenoxy) is 1. The van der Waals surface area contributed by atoms with Gasteiger partial charge in [0.05, 0.1) is 12.2 Å². The minimum atomic E-state index is -4.69. The van der Waals surface area contributed by atoms with Crippen LogP contribution in [0.1, 0.15) is 38.7 Å². The Kier molecular flexibility index (Phi) is 6.25. The lowest BCUT2D eigenvalue weighted by molar-refractivity contribution is -0.274. The second kappa shape index (κ2) is 9.22. The van der Waals surface area contributed by atoms with Crippen molar-refractivity contribution in [3.05, 3.63) is 60.2 Å². The Bertz CT molecular complexity index is 1170. The highest BCUT2D eigenvalue weighted by Gasteiger charge is 2.37. The molecule has 35 heavy (non-hydrogen) atoms. The van der Waals surface area contributed by atoms with Crippen LogP contribution in [0.4, 0.5) is 24.7 Å². The zero-order valence-corrected chi connectivity index (χ0v) is 20.2. The molecule has 2 aliphatic heterocycles. The highest BCUT2D eigenvalue weighted by Crippen LogP contribution is 2.34. The summed E-state index contributed by atoms with van der Waals surface area (Å²) in [5, 5.41) is 1.16. The summed E-state index contributed by atoms with van der Waals surface area (Å²) in [6.07, 6.45) is -1.01. The van der Waals surface area contributed by atoms with Crippen molar-refractivity contribution in [3.8, 4) is 5.75 Å². The molecule has 0 saturated carbocycles. The maximum Gasteiger partial charge on any atom is 0.573 e. The third kappa shape index (κ3) is 5.32. The molecule has 1 aromatic heterocycles. The summed E-state index contributed by atoms with van der Waals surface area (Å²) in [6, 6.07) is 16.7. The van der Waals surface area contributed by atoms with E-state index in [4.69, 9.17) is 4.98 Å². The highest BCUT2D eigenvalue weighted by atomic mass is 19.4. The standard InChI is InChI=1S/C27H31F3N4O/c1-26(2)18-33(21-10-12-22(13-11-21)35-27(28,29)30)19-34(26)17-20-16-25(32-14-6-3-7-15-32)31-24-9-5-4-8-23(20)24/h4-5,8-13,16H,3,6-7,14-15,17-19H2,1-2H3.